The molecule has 1 saturated carbocycles. The Hall–Kier alpha value is -1.33. The van der Waals surface area contributed by atoms with Crippen LogP contribution in [-0.4, -0.2) is 18.5 Å². The number of aryl methyl sites for hydroxylation is 1. The zero-order chi connectivity index (χ0) is 20.6. The maximum absolute atomic E-state index is 13.4. The molecule has 1 atom stereocenters. The minimum absolute atomic E-state index is 0.155. The number of halogens is 6. The maximum atomic E-state index is 13.4. The van der Waals surface area contributed by atoms with Gasteiger partial charge in [0.05, 0.1) is 10.5 Å². The third kappa shape index (κ3) is 4.94. The van der Waals surface area contributed by atoms with Crippen LogP contribution in [0.15, 0.2) is 24.3 Å². The lowest BCUT2D eigenvalue weighted by Crippen LogP contribution is -2.21. The molecule has 1 aromatic heterocycles. The largest absolute Gasteiger partial charge is 0.741 e. The van der Waals surface area contributed by atoms with E-state index in [0.717, 1.165) is 36.6 Å². The number of fused-ring (bicyclic) bond motifs is 1. The van der Waals surface area contributed by atoms with Crippen LogP contribution in [0.25, 0.3) is 10.1 Å². The Morgan fingerprint density at radius 3 is 2.04 bits per heavy atom. The second kappa shape index (κ2) is 7.59. The van der Waals surface area contributed by atoms with E-state index in [0.29, 0.717) is 9.58 Å². The summed E-state index contributed by atoms with van der Waals surface area (Å²) in [5, 5.41) is 0.778. The molecule has 0 spiro atoms. The van der Waals surface area contributed by atoms with Crippen LogP contribution in [0.2, 0.25) is 0 Å². The topological polar surface area (TPSA) is 57.2 Å². The fourth-order valence-electron chi connectivity index (χ4n) is 2.67. The van der Waals surface area contributed by atoms with Gasteiger partial charge in [-0.25, -0.2) is 8.42 Å². The minimum Gasteiger partial charge on any atom is -0.741 e. The van der Waals surface area contributed by atoms with Crippen LogP contribution in [0.1, 0.15) is 42.5 Å². The fourth-order valence-corrected chi connectivity index (χ4v) is 4.89. The van der Waals surface area contributed by atoms with Gasteiger partial charge in [-0.1, -0.05) is 19.4 Å². The van der Waals surface area contributed by atoms with E-state index in [-0.39, 0.29) is 5.92 Å². The van der Waals surface area contributed by atoms with E-state index in [4.69, 9.17) is 13.0 Å². The lowest BCUT2D eigenvalue weighted by Gasteiger charge is -2.21. The van der Waals surface area contributed by atoms with Gasteiger partial charge in [0.2, 0.25) is 0 Å². The second-order valence-electron chi connectivity index (χ2n) is 6.05. The van der Waals surface area contributed by atoms with Gasteiger partial charge in [0.25, 0.3) is 0 Å². The number of thiophene rings is 1. The fraction of sp³-hybridized carbons (Fsp3) is 0.500. The van der Waals surface area contributed by atoms with Crippen LogP contribution >= 0.6 is 10.5 Å². The van der Waals surface area contributed by atoms with Gasteiger partial charge in [0, 0.05) is 23.4 Å². The molecule has 1 heterocycles. The average Bonchev–Trinajstić information content (AvgIpc) is 2.81. The minimum atomic E-state index is -6.09. The highest BCUT2D eigenvalue weighted by atomic mass is 32.2. The van der Waals surface area contributed by atoms with Gasteiger partial charge < -0.3 is 4.55 Å². The molecule has 1 fully saturated rings. The molecule has 1 aromatic carbocycles. The summed E-state index contributed by atoms with van der Waals surface area (Å²) in [7, 11) is -7.78. The van der Waals surface area contributed by atoms with Gasteiger partial charge in [0.1, 0.15) is 0 Å². The second-order valence-corrected chi connectivity index (χ2v) is 9.41. The molecule has 0 amide bonds. The van der Waals surface area contributed by atoms with Crippen LogP contribution in [0.3, 0.4) is 0 Å². The summed E-state index contributed by atoms with van der Waals surface area (Å²) in [6.45, 7) is 1.97. The van der Waals surface area contributed by atoms with Gasteiger partial charge >= 0.3 is 11.0 Å². The predicted molar refractivity (Wildman–Crippen MR) is 89.4 cm³/mol. The molecule has 1 aliphatic carbocycles. The first kappa shape index (κ1) is 22.0. The molecule has 3 nitrogen and oxygen atoms in total. The zero-order valence-electron chi connectivity index (χ0n) is 14.0. The number of hydrogen-bond acceptors (Lipinski definition) is 3. The van der Waals surface area contributed by atoms with E-state index in [1.54, 1.807) is 12.1 Å². The molecule has 11 heteroatoms. The SMILES string of the molecule is CCc1ccc2cc(C3CCC3)[s+](C(F)(F)F)c2c1.O=S(=O)([O-])C(F)(F)F. The Morgan fingerprint density at radius 2 is 1.67 bits per heavy atom. The van der Waals surface area contributed by atoms with Crippen LogP contribution in [0.5, 0.6) is 0 Å². The summed E-state index contributed by atoms with van der Waals surface area (Å²) in [5.74, 6) is 0.155. The van der Waals surface area contributed by atoms with Crippen LogP contribution < -0.4 is 0 Å². The van der Waals surface area contributed by atoms with Gasteiger partial charge in [-0.2, -0.15) is 13.2 Å². The molecule has 27 heavy (non-hydrogen) atoms. The summed E-state index contributed by atoms with van der Waals surface area (Å²) in [6, 6.07) is 7.35. The summed E-state index contributed by atoms with van der Waals surface area (Å²) >= 11 is 0. The molecule has 2 aromatic rings. The Morgan fingerprint density at radius 1 is 1.11 bits per heavy atom. The van der Waals surface area contributed by atoms with Crippen molar-refractivity contribution in [2.45, 2.75) is 49.5 Å². The van der Waals surface area contributed by atoms with E-state index >= 15 is 0 Å². The van der Waals surface area contributed by atoms with E-state index < -0.39 is 31.6 Å². The van der Waals surface area contributed by atoms with Crippen molar-refractivity contribution in [3.05, 3.63) is 34.7 Å². The van der Waals surface area contributed by atoms with E-state index in [1.807, 2.05) is 19.1 Å². The van der Waals surface area contributed by atoms with Crippen LogP contribution in [0, 0.1) is 0 Å². The predicted octanol–water partition coefficient (Wildman–Crippen LogP) is 5.95. The first-order valence-corrected chi connectivity index (χ1v) is 10.6. The summed E-state index contributed by atoms with van der Waals surface area (Å²) in [6.07, 6.45) is 3.68. The number of benzene rings is 1. The van der Waals surface area contributed by atoms with Crippen molar-refractivity contribution in [1.29, 1.82) is 0 Å². The third-order valence-electron chi connectivity index (χ3n) is 4.26. The molecule has 0 aliphatic heterocycles. The maximum Gasteiger partial charge on any atom is 0.600 e. The Balaban J connectivity index is 0.000000279. The van der Waals surface area contributed by atoms with Crippen molar-refractivity contribution < 1.29 is 39.3 Å². The van der Waals surface area contributed by atoms with Crippen molar-refractivity contribution in [2.75, 3.05) is 0 Å². The van der Waals surface area contributed by atoms with Crippen LogP contribution in [-0.2, 0) is 22.0 Å². The Bertz CT molecular complexity index is 909. The molecular formula is C16H16F6O3S2. The molecule has 3 rings (SSSR count). The first-order valence-electron chi connectivity index (χ1n) is 7.93. The number of alkyl halides is 6. The molecular weight excluding hydrogens is 418 g/mol. The monoisotopic (exact) mass is 434 g/mol. The summed E-state index contributed by atoms with van der Waals surface area (Å²) in [5.41, 5.74) is -8.80. The summed E-state index contributed by atoms with van der Waals surface area (Å²) < 4.78 is 99.6. The molecule has 152 valence electrons. The normalized spacial score (nSPS) is 16.7. The smallest absolute Gasteiger partial charge is 0.600 e. The quantitative estimate of drug-likeness (QED) is 0.254. The molecule has 0 N–H and O–H groups in total. The molecule has 0 bridgehead atoms. The molecule has 1 unspecified atom stereocenters. The van der Waals surface area contributed by atoms with Crippen molar-refractivity contribution in [2.24, 2.45) is 0 Å². The van der Waals surface area contributed by atoms with Gasteiger partial charge in [-0.3, -0.25) is 0 Å². The first-order chi connectivity index (χ1) is 12.3. The van der Waals surface area contributed by atoms with Gasteiger partial charge in [-0.05, 0) is 30.9 Å². The molecule has 0 saturated heterocycles. The van der Waals surface area contributed by atoms with E-state index in [9.17, 15) is 26.3 Å². The lowest BCUT2D eigenvalue weighted by atomic mass is 9.84. The lowest BCUT2D eigenvalue weighted by molar-refractivity contribution is -0.0868. The van der Waals surface area contributed by atoms with Crippen molar-refractivity contribution in [3.8, 4) is 0 Å². The zero-order valence-corrected chi connectivity index (χ0v) is 15.7. The van der Waals surface area contributed by atoms with Crippen LogP contribution in [0.4, 0.5) is 26.3 Å². The highest BCUT2D eigenvalue weighted by molar-refractivity contribution is 7.86. The van der Waals surface area contributed by atoms with Crippen molar-refractivity contribution in [1.82, 2.24) is 0 Å². The number of hydrogen-bond donors (Lipinski definition) is 0. The van der Waals surface area contributed by atoms with E-state index in [2.05, 4.69) is 0 Å². The van der Waals surface area contributed by atoms with Crippen molar-refractivity contribution in [3.63, 3.8) is 0 Å². The van der Waals surface area contributed by atoms with Crippen molar-refractivity contribution >= 4 is 30.7 Å². The number of rotatable bonds is 2. The highest BCUT2D eigenvalue weighted by Crippen LogP contribution is 2.56. The standard InChI is InChI=1S/C15H16F3S.CHF3O3S/c1-2-10-6-7-12-9-14(11-4-3-5-11)19(13(12)8-10)15(16,17)18;2-1(3,4)8(5,6)7/h6-9,11H,2-5H2,1H3;(H,5,6,7)/q+1;/p-1. The van der Waals surface area contributed by atoms with Gasteiger partial charge in [0.15, 0.2) is 19.7 Å². The molecule has 1 aliphatic rings. The third-order valence-corrected chi connectivity index (χ3v) is 7.01. The summed E-state index contributed by atoms with van der Waals surface area (Å²) in [4.78, 5) is 0.627. The Kier molecular flexibility index (Phi) is 6.18. The molecule has 0 radical (unpaired) electrons. The highest BCUT2D eigenvalue weighted by Gasteiger charge is 2.50. The van der Waals surface area contributed by atoms with E-state index in [1.165, 1.54) is 0 Å². The average molecular weight is 434 g/mol. The van der Waals surface area contributed by atoms with Gasteiger partial charge in [-0.15, -0.1) is 13.2 Å². The Labute approximate surface area is 154 Å².